The van der Waals surface area contributed by atoms with Gasteiger partial charge >= 0.3 is 0 Å². The van der Waals surface area contributed by atoms with Crippen LogP contribution < -0.4 is 10.2 Å². The lowest BCUT2D eigenvalue weighted by Gasteiger charge is -2.09. The minimum Gasteiger partial charge on any atom is -0.487 e. The van der Waals surface area contributed by atoms with E-state index in [0.717, 1.165) is 40.7 Å². The van der Waals surface area contributed by atoms with Crippen molar-refractivity contribution in [1.82, 2.24) is 34.3 Å². The maximum absolute atomic E-state index is 12.4. The summed E-state index contributed by atoms with van der Waals surface area (Å²) in [6, 6.07) is 9.20. The van der Waals surface area contributed by atoms with E-state index in [1.165, 1.54) is 6.07 Å². The van der Waals surface area contributed by atoms with Crippen molar-refractivity contribution in [2.24, 2.45) is 0 Å². The minimum atomic E-state index is -0.178. The molecule has 0 radical (unpaired) electrons. The van der Waals surface area contributed by atoms with Crippen LogP contribution in [0.5, 0.6) is 5.75 Å². The molecule has 0 aliphatic heterocycles. The Morgan fingerprint density at radius 3 is 2.67 bits per heavy atom. The number of methoxy groups -OCH3 is 1. The van der Waals surface area contributed by atoms with Gasteiger partial charge in [0.15, 0.2) is 0 Å². The molecule has 36 heavy (non-hydrogen) atoms. The molecule has 0 aliphatic rings. The Morgan fingerprint density at radius 2 is 1.81 bits per heavy atom. The second-order valence-corrected chi connectivity index (χ2v) is 8.38. The minimum absolute atomic E-state index is 0.0493. The summed E-state index contributed by atoms with van der Waals surface area (Å²) in [5.74, 6) is 0.629. The first kappa shape index (κ1) is 23.4. The van der Waals surface area contributed by atoms with Gasteiger partial charge in [0.1, 0.15) is 23.7 Å². The van der Waals surface area contributed by atoms with Gasteiger partial charge in [0, 0.05) is 54.8 Å². The maximum Gasteiger partial charge on any atom is 0.206 e. The maximum atomic E-state index is 12.4. The van der Waals surface area contributed by atoms with Crippen molar-refractivity contribution < 1.29 is 9.47 Å². The molecule has 0 unspecified atom stereocenters. The molecule has 0 saturated carbocycles. The molecule has 0 atom stereocenters. The molecular weight excluding hydrogens is 458 g/mol. The SMILES string of the molecule is CCCn1cc(-n2ccc(=O)c(COc3ccc4ncc(-c5cnn(CCOC)c5)cc4c3)n2)cn1. The van der Waals surface area contributed by atoms with Gasteiger partial charge in [-0.05, 0) is 30.7 Å². The Morgan fingerprint density at radius 1 is 0.944 bits per heavy atom. The number of rotatable bonds is 10. The van der Waals surface area contributed by atoms with Crippen molar-refractivity contribution in [2.45, 2.75) is 33.0 Å². The van der Waals surface area contributed by atoms with Crippen molar-refractivity contribution in [3.8, 4) is 22.6 Å². The lowest BCUT2D eigenvalue weighted by Crippen LogP contribution is -2.17. The molecule has 5 rings (SSSR count). The summed E-state index contributed by atoms with van der Waals surface area (Å²) in [4.78, 5) is 17.0. The van der Waals surface area contributed by atoms with Crippen LogP contribution >= 0.6 is 0 Å². The Labute approximate surface area is 207 Å². The van der Waals surface area contributed by atoms with E-state index in [-0.39, 0.29) is 12.0 Å². The van der Waals surface area contributed by atoms with Crippen LogP contribution in [0.3, 0.4) is 0 Å². The van der Waals surface area contributed by atoms with Crippen LogP contribution in [0, 0.1) is 0 Å². The van der Waals surface area contributed by atoms with Crippen LogP contribution in [0.1, 0.15) is 19.0 Å². The zero-order valence-electron chi connectivity index (χ0n) is 20.2. The lowest BCUT2D eigenvalue weighted by molar-refractivity contribution is 0.183. The largest absolute Gasteiger partial charge is 0.487 e. The molecular formula is C26H27N7O3. The van der Waals surface area contributed by atoms with E-state index in [0.29, 0.717) is 24.6 Å². The van der Waals surface area contributed by atoms with Crippen LogP contribution in [-0.4, -0.2) is 48.0 Å². The second kappa shape index (κ2) is 10.5. The van der Waals surface area contributed by atoms with Gasteiger partial charge in [0.05, 0.1) is 37.3 Å². The number of ether oxygens (including phenoxy) is 2. The van der Waals surface area contributed by atoms with E-state index >= 15 is 0 Å². The van der Waals surface area contributed by atoms with Crippen molar-refractivity contribution >= 4 is 10.9 Å². The molecule has 4 heterocycles. The van der Waals surface area contributed by atoms with Gasteiger partial charge in [-0.3, -0.25) is 19.1 Å². The van der Waals surface area contributed by atoms with E-state index in [4.69, 9.17) is 9.47 Å². The summed E-state index contributed by atoms with van der Waals surface area (Å²) in [7, 11) is 1.67. The third-order valence-electron chi connectivity index (χ3n) is 5.74. The van der Waals surface area contributed by atoms with E-state index < -0.39 is 0 Å². The van der Waals surface area contributed by atoms with Crippen molar-refractivity contribution in [2.75, 3.05) is 13.7 Å². The smallest absolute Gasteiger partial charge is 0.206 e. The summed E-state index contributed by atoms with van der Waals surface area (Å²) in [5.41, 5.74) is 3.71. The van der Waals surface area contributed by atoms with Gasteiger partial charge in [-0.15, -0.1) is 0 Å². The van der Waals surface area contributed by atoms with E-state index in [1.807, 2.05) is 52.4 Å². The Bertz CT molecular complexity index is 1540. The Balaban J connectivity index is 1.33. The van der Waals surface area contributed by atoms with E-state index in [2.05, 4.69) is 33.3 Å². The summed E-state index contributed by atoms with van der Waals surface area (Å²) in [6.07, 6.45) is 11.9. The molecule has 0 amide bonds. The topological polar surface area (TPSA) is 102 Å². The van der Waals surface area contributed by atoms with Crippen LogP contribution in [-0.2, 0) is 24.4 Å². The third-order valence-corrected chi connectivity index (χ3v) is 5.74. The number of benzene rings is 1. The number of hydrogen-bond acceptors (Lipinski definition) is 7. The van der Waals surface area contributed by atoms with Crippen molar-refractivity contribution in [3.05, 3.63) is 83.4 Å². The molecule has 0 spiro atoms. The van der Waals surface area contributed by atoms with Gasteiger partial charge in [-0.2, -0.15) is 15.3 Å². The van der Waals surface area contributed by atoms with Crippen LogP contribution in [0.15, 0.2) is 72.3 Å². The Kier molecular flexibility index (Phi) is 6.85. The van der Waals surface area contributed by atoms with Gasteiger partial charge in [0.2, 0.25) is 5.43 Å². The van der Waals surface area contributed by atoms with Gasteiger partial charge in [0.25, 0.3) is 0 Å². The zero-order valence-corrected chi connectivity index (χ0v) is 20.2. The monoisotopic (exact) mass is 485 g/mol. The molecule has 1 aromatic carbocycles. The molecule has 0 saturated heterocycles. The van der Waals surface area contributed by atoms with Crippen LogP contribution in [0.2, 0.25) is 0 Å². The highest BCUT2D eigenvalue weighted by Crippen LogP contribution is 2.25. The normalized spacial score (nSPS) is 11.3. The molecule has 10 heteroatoms. The van der Waals surface area contributed by atoms with Crippen LogP contribution in [0.4, 0.5) is 0 Å². The average Bonchev–Trinajstić information content (AvgIpc) is 3.57. The predicted molar refractivity (Wildman–Crippen MR) is 135 cm³/mol. The highest BCUT2D eigenvalue weighted by molar-refractivity contribution is 5.84. The van der Waals surface area contributed by atoms with Gasteiger partial charge in [-0.1, -0.05) is 6.92 Å². The number of aromatic nitrogens is 7. The van der Waals surface area contributed by atoms with E-state index in [9.17, 15) is 4.79 Å². The van der Waals surface area contributed by atoms with Gasteiger partial charge in [-0.25, -0.2) is 4.68 Å². The highest BCUT2D eigenvalue weighted by atomic mass is 16.5. The molecule has 10 nitrogen and oxygen atoms in total. The second-order valence-electron chi connectivity index (χ2n) is 8.38. The first-order valence-electron chi connectivity index (χ1n) is 11.8. The van der Waals surface area contributed by atoms with Gasteiger partial charge < -0.3 is 9.47 Å². The fourth-order valence-corrected chi connectivity index (χ4v) is 3.84. The van der Waals surface area contributed by atoms with Crippen molar-refractivity contribution in [1.29, 1.82) is 0 Å². The van der Waals surface area contributed by atoms with Crippen LogP contribution in [0.25, 0.3) is 27.7 Å². The molecule has 184 valence electrons. The summed E-state index contributed by atoms with van der Waals surface area (Å²) >= 11 is 0. The fourth-order valence-electron chi connectivity index (χ4n) is 3.84. The lowest BCUT2D eigenvalue weighted by atomic mass is 10.1. The zero-order chi connectivity index (χ0) is 24.9. The summed E-state index contributed by atoms with van der Waals surface area (Å²) in [5, 5.41) is 14.1. The predicted octanol–water partition coefficient (Wildman–Crippen LogP) is 3.48. The summed E-state index contributed by atoms with van der Waals surface area (Å²) < 4.78 is 16.4. The number of aryl methyl sites for hydroxylation is 1. The molecule has 0 fully saturated rings. The summed E-state index contributed by atoms with van der Waals surface area (Å²) in [6.45, 7) is 4.25. The quantitative estimate of drug-likeness (QED) is 0.298. The number of nitrogens with zero attached hydrogens (tertiary/aromatic N) is 7. The molecule has 0 N–H and O–H groups in total. The molecule has 0 bridgehead atoms. The van der Waals surface area contributed by atoms with Crippen molar-refractivity contribution in [3.63, 3.8) is 0 Å². The molecule has 5 aromatic rings. The number of fused-ring (bicyclic) bond motifs is 1. The first-order chi connectivity index (χ1) is 17.6. The average molecular weight is 486 g/mol. The first-order valence-corrected chi connectivity index (χ1v) is 11.8. The molecule has 4 aromatic heterocycles. The highest BCUT2D eigenvalue weighted by Gasteiger charge is 2.09. The molecule has 0 aliphatic carbocycles. The fraction of sp³-hybridized carbons (Fsp3) is 0.269. The standard InChI is InChI=1S/C26H27N7O3/c1-3-7-31-17-22(15-29-31)33-8-6-26(34)25(30-33)18-36-23-4-5-24-19(12-23)11-20(13-27-24)21-14-28-32(16-21)9-10-35-2/h4-6,8,11-17H,3,7,9-10,18H2,1-2H3. The number of pyridine rings is 1. The van der Waals surface area contributed by atoms with E-state index in [1.54, 1.807) is 24.2 Å². The number of hydrogen-bond donors (Lipinski definition) is 0. The third kappa shape index (κ3) is 5.18. The Hall–Kier alpha value is -4.31.